The largest absolute Gasteiger partial charge is 0.467 e. The summed E-state index contributed by atoms with van der Waals surface area (Å²) < 4.78 is 37.9. The van der Waals surface area contributed by atoms with Gasteiger partial charge in [-0.15, -0.1) is 0 Å². The van der Waals surface area contributed by atoms with E-state index in [1.165, 1.54) is 18.2 Å². The molecule has 0 bridgehead atoms. The van der Waals surface area contributed by atoms with E-state index >= 15 is 0 Å². The van der Waals surface area contributed by atoms with Crippen LogP contribution in [0.5, 0.6) is 0 Å². The van der Waals surface area contributed by atoms with Gasteiger partial charge in [0.1, 0.15) is 24.0 Å². The smallest absolute Gasteiger partial charge is 0.129 e. The average molecular weight is 387 g/mol. The summed E-state index contributed by atoms with van der Waals surface area (Å²) in [7, 11) is 0. The predicted molar refractivity (Wildman–Crippen MR) is 101 cm³/mol. The second kappa shape index (κ2) is 10.1. The average Bonchev–Trinajstić information content (AvgIpc) is 3.19. The molecule has 3 rings (SSSR count). The van der Waals surface area contributed by atoms with E-state index < -0.39 is 6.10 Å². The van der Waals surface area contributed by atoms with Gasteiger partial charge in [-0.3, -0.25) is 4.90 Å². The lowest BCUT2D eigenvalue weighted by Gasteiger charge is -2.25. The van der Waals surface area contributed by atoms with Gasteiger partial charge in [0.25, 0.3) is 0 Å². The first-order valence-electron chi connectivity index (χ1n) is 9.08. The third-order valence-corrected chi connectivity index (χ3v) is 4.27. The second-order valence-electron chi connectivity index (χ2n) is 6.64. The summed E-state index contributed by atoms with van der Waals surface area (Å²) >= 11 is 0. The van der Waals surface area contributed by atoms with Crippen molar-refractivity contribution in [2.24, 2.45) is 0 Å². The summed E-state index contributed by atoms with van der Waals surface area (Å²) in [6.45, 7) is 1.44. The van der Waals surface area contributed by atoms with Crippen molar-refractivity contribution < 1.29 is 23.0 Å². The number of nitrogens with zero attached hydrogens (tertiary/aromatic N) is 1. The summed E-state index contributed by atoms with van der Waals surface area (Å²) in [6, 6.07) is 16.3. The third kappa shape index (κ3) is 6.27. The minimum Gasteiger partial charge on any atom is -0.467 e. The Morgan fingerprint density at radius 2 is 1.75 bits per heavy atom. The Bertz CT molecular complexity index is 837. The molecule has 0 aliphatic carbocycles. The van der Waals surface area contributed by atoms with Crippen molar-refractivity contribution >= 4 is 0 Å². The number of ether oxygens (including phenoxy) is 1. The standard InChI is InChI=1S/C22H23F2NO3/c23-19-9-7-17(8-10-19)12-25(13-18-4-1-2-6-22(18)24)14-20(26)15-27-16-21-5-3-11-28-21/h1-11,20,26H,12-16H2/t20-/m0/s1. The minimum atomic E-state index is -0.762. The molecule has 1 N–H and O–H groups in total. The SMILES string of the molecule is O[C@H](COCc1ccco1)CN(Cc1ccc(F)cc1)Cc1ccccc1F. The number of halogens is 2. The molecule has 148 valence electrons. The predicted octanol–water partition coefficient (Wildman–Crippen LogP) is 4.14. The molecule has 0 unspecified atom stereocenters. The highest BCUT2D eigenvalue weighted by Crippen LogP contribution is 2.14. The maximum absolute atomic E-state index is 14.1. The number of hydrogen-bond donors (Lipinski definition) is 1. The van der Waals surface area contributed by atoms with E-state index in [-0.39, 0.29) is 31.4 Å². The highest BCUT2D eigenvalue weighted by molar-refractivity contribution is 5.19. The lowest BCUT2D eigenvalue weighted by Crippen LogP contribution is -2.34. The topological polar surface area (TPSA) is 45.8 Å². The number of aliphatic hydroxyl groups is 1. The van der Waals surface area contributed by atoms with Gasteiger partial charge in [0.15, 0.2) is 0 Å². The van der Waals surface area contributed by atoms with Crippen molar-refractivity contribution in [3.63, 3.8) is 0 Å². The van der Waals surface area contributed by atoms with Crippen LogP contribution in [0.3, 0.4) is 0 Å². The molecule has 2 aromatic carbocycles. The van der Waals surface area contributed by atoms with Crippen LogP contribution in [0, 0.1) is 11.6 Å². The Balaban J connectivity index is 1.60. The molecule has 0 fully saturated rings. The molecule has 0 aliphatic heterocycles. The Labute approximate surface area is 163 Å². The van der Waals surface area contributed by atoms with Gasteiger partial charge in [-0.2, -0.15) is 0 Å². The number of benzene rings is 2. The van der Waals surface area contributed by atoms with E-state index in [4.69, 9.17) is 9.15 Å². The molecule has 1 aromatic heterocycles. The van der Waals surface area contributed by atoms with E-state index in [1.807, 2.05) is 4.90 Å². The molecule has 0 spiro atoms. The van der Waals surface area contributed by atoms with Crippen LogP contribution in [0.1, 0.15) is 16.9 Å². The zero-order valence-electron chi connectivity index (χ0n) is 15.4. The van der Waals surface area contributed by atoms with Crippen molar-refractivity contribution in [1.82, 2.24) is 4.90 Å². The van der Waals surface area contributed by atoms with E-state index in [2.05, 4.69) is 0 Å². The summed E-state index contributed by atoms with van der Waals surface area (Å²) in [5.74, 6) is 0.0765. The maximum atomic E-state index is 14.1. The monoisotopic (exact) mass is 387 g/mol. The molecule has 3 aromatic rings. The molecule has 0 radical (unpaired) electrons. The summed E-state index contributed by atoms with van der Waals surface area (Å²) in [5, 5.41) is 10.4. The van der Waals surface area contributed by atoms with Crippen LogP contribution in [0.4, 0.5) is 8.78 Å². The van der Waals surface area contributed by atoms with E-state index in [0.29, 0.717) is 24.4 Å². The van der Waals surface area contributed by atoms with Crippen LogP contribution in [-0.2, 0) is 24.4 Å². The van der Waals surface area contributed by atoms with Gasteiger partial charge in [-0.25, -0.2) is 8.78 Å². The fourth-order valence-corrected chi connectivity index (χ4v) is 2.94. The summed E-state index contributed by atoms with van der Waals surface area (Å²) in [6.07, 6.45) is 0.802. The molecule has 0 saturated carbocycles. The maximum Gasteiger partial charge on any atom is 0.129 e. The zero-order valence-corrected chi connectivity index (χ0v) is 15.4. The first kappa shape index (κ1) is 20.2. The van der Waals surface area contributed by atoms with Crippen molar-refractivity contribution in [2.45, 2.75) is 25.8 Å². The molecular weight excluding hydrogens is 364 g/mol. The van der Waals surface area contributed by atoms with Gasteiger partial charge >= 0.3 is 0 Å². The first-order chi connectivity index (χ1) is 13.6. The number of furan rings is 1. The summed E-state index contributed by atoms with van der Waals surface area (Å²) in [5.41, 5.74) is 1.41. The van der Waals surface area contributed by atoms with Crippen LogP contribution >= 0.6 is 0 Å². The first-order valence-corrected chi connectivity index (χ1v) is 9.08. The van der Waals surface area contributed by atoms with Crippen molar-refractivity contribution in [2.75, 3.05) is 13.2 Å². The number of aliphatic hydroxyl groups excluding tert-OH is 1. The molecule has 0 aliphatic rings. The fourth-order valence-electron chi connectivity index (χ4n) is 2.94. The van der Waals surface area contributed by atoms with Gasteiger partial charge in [0.05, 0.1) is 19.0 Å². The summed E-state index contributed by atoms with van der Waals surface area (Å²) in [4.78, 5) is 1.91. The van der Waals surface area contributed by atoms with Crippen LogP contribution < -0.4 is 0 Å². The molecule has 0 amide bonds. The zero-order chi connectivity index (χ0) is 19.8. The quantitative estimate of drug-likeness (QED) is 0.568. The molecular formula is C22H23F2NO3. The fraction of sp³-hybridized carbons (Fsp3) is 0.273. The Kier molecular flexibility index (Phi) is 7.31. The van der Waals surface area contributed by atoms with Gasteiger partial charge in [-0.1, -0.05) is 30.3 Å². The Morgan fingerprint density at radius 3 is 2.46 bits per heavy atom. The second-order valence-corrected chi connectivity index (χ2v) is 6.64. The van der Waals surface area contributed by atoms with Crippen LogP contribution in [0.25, 0.3) is 0 Å². The molecule has 6 heteroatoms. The lowest BCUT2D eigenvalue weighted by atomic mass is 10.1. The van der Waals surface area contributed by atoms with Crippen LogP contribution in [0.15, 0.2) is 71.3 Å². The van der Waals surface area contributed by atoms with Crippen LogP contribution in [-0.4, -0.2) is 29.3 Å². The van der Waals surface area contributed by atoms with Crippen molar-refractivity contribution in [3.05, 3.63) is 95.4 Å². The molecule has 0 saturated heterocycles. The van der Waals surface area contributed by atoms with Crippen molar-refractivity contribution in [1.29, 1.82) is 0 Å². The minimum absolute atomic E-state index is 0.123. The molecule has 1 atom stereocenters. The molecule has 1 heterocycles. The van der Waals surface area contributed by atoms with E-state index in [9.17, 15) is 13.9 Å². The van der Waals surface area contributed by atoms with Gasteiger partial charge in [0, 0.05) is 25.2 Å². The van der Waals surface area contributed by atoms with Gasteiger partial charge in [-0.05, 0) is 35.9 Å². The highest BCUT2D eigenvalue weighted by atomic mass is 19.1. The normalized spacial score (nSPS) is 12.4. The number of rotatable bonds is 10. The number of hydrogen-bond acceptors (Lipinski definition) is 4. The Morgan fingerprint density at radius 1 is 0.964 bits per heavy atom. The van der Waals surface area contributed by atoms with Crippen LogP contribution in [0.2, 0.25) is 0 Å². The third-order valence-electron chi connectivity index (χ3n) is 4.27. The van der Waals surface area contributed by atoms with E-state index in [1.54, 1.807) is 48.7 Å². The molecule has 28 heavy (non-hydrogen) atoms. The highest BCUT2D eigenvalue weighted by Gasteiger charge is 2.15. The molecule has 4 nitrogen and oxygen atoms in total. The lowest BCUT2D eigenvalue weighted by molar-refractivity contribution is 0.00238. The van der Waals surface area contributed by atoms with E-state index in [0.717, 1.165) is 5.56 Å². The van der Waals surface area contributed by atoms with Crippen molar-refractivity contribution in [3.8, 4) is 0 Å². The van der Waals surface area contributed by atoms with Gasteiger partial charge in [0.2, 0.25) is 0 Å². The Hall–Kier alpha value is -2.54. The van der Waals surface area contributed by atoms with Gasteiger partial charge < -0.3 is 14.3 Å².